The van der Waals surface area contributed by atoms with Crippen molar-refractivity contribution >= 4 is 28.8 Å². The monoisotopic (exact) mass is 278 g/mol. The summed E-state index contributed by atoms with van der Waals surface area (Å²) in [7, 11) is 0. The molecule has 0 amide bonds. The number of H-pyrrole nitrogens is 1. The SMILES string of the molecule is O=C(O)c1ccc2[nH]c(=O)n(C3CCCSC3)c2c1. The molecule has 3 rings (SSSR count). The lowest BCUT2D eigenvalue weighted by atomic mass is 10.1. The summed E-state index contributed by atoms with van der Waals surface area (Å²) in [5.74, 6) is 1.07. The highest BCUT2D eigenvalue weighted by molar-refractivity contribution is 7.99. The summed E-state index contributed by atoms with van der Waals surface area (Å²) in [6.45, 7) is 0. The molecule has 5 nitrogen and oxygen atoms in total. The summed E-state index contributed by atoms with van der Waals surface area (Å²) in [4.78, 5) is 25.9. The van der Waals surface area contributed by atoms with Crippen molar-refractivity contribution in [1.29, 1.82) is 0 Å². The fraction of sp³-hybridized carbons (Fsp3) is 0.385. The van der Waals surface area contributed by atoms with E-state index in [1.165, 1.54) is 6.07 Å². The van der Waals surface area contributed by atoms with Crippen LogP contribution >= 0.6 is 11.8 Å². The molecule has 1 aromatic carbocycles. The molecule has 1 atom stereocenters. The molecule has 1 aliphatic rings. The van der Waals surface area contributed by atoms with Gasteiger partial charge in [0.25, 0.3) is 0 Å². The first kappa shape index (κ1) is 12.3. The third-order valence-electron chi connectivity index (χ3n) is 3.47. The van der Waals surface area contributed by atoms with Gasteiger partial charge in [0, 0.05) is 11.8 Å². The molecule has 1 saturated heterocycles. The molecule has 1 fully saturated rings. The van der Waals surface area contributed by atoms with Crippen LogP contribution in [0.25, 0.3) is 11.0 Å². The van der Waals surface area contributed by atoms with E-state index in [4.69, 9.17) is 5.11 Å². The number of carbonyl (C=O) groups is 1. The van der Waals surface area contributed by atoms with Crippen molar-refractivity contribution in [1.82, 2.24) is 9.55 Å². The van der Waals surface area contributed by atoms with Gasteiger partial charge in [-0.3, -0.25) is 4.57 Å². The second-order valence-corrected chi connectivity index (χ2v) is 5.86. The van der Waals surface area contributed by atoms with Crippen LogP contribution in [0.5, 0.6) is 0 Å². The predicted molar refractivity (Wildman–Crippen MR) is 75.1 cm³/mol. The lowest BCUT2D eigenvalue weighted by Crippen LogP contribution is -2.26. The molecule has 0 radical (unpaired) electrons. The second-order valence-electron chi connectivity index (χ2n) is 4.71. The summed E-state index contributed by atoms with van der Waals surface area (Å²) in [6.07, 6.45) is 2.06. The molecule has 2 N–H and O–H groups in total. The smallest absolute Gasteiger partial charge is 0.335 e. The fourth-order valence-corrected chi connectivity index (χ4v) is 3.67. The normalized spacial score (nSPS) is 19.7. The highest BCUT2D eigenvalue weighted by atomic mass is 32.2. The maximum Gasteiger partial charge on any atom is 0.335 e. The number of aromatic amines is 1. The van der Waals surface area contributed by atoms with Gasteiger partial charge in [0.1, 0.15) is 0 Å². The Hall–Kier alpha value is -1.69. The maximum absolute atomic E-state index is 12.1. The van der Waals surface area contributed by atoms with Gasteiger partial charge in [0.05, 0.1) is 16.6 Å². The Morgan fingerprint density at radius 1 is 1.47 bits per heavy atom. The van der Waals surface area contributed by atoms with Crippen LogP contribution in [0.1, 0.15) is 29.2 Å². The number of carboxylic acids is 1. The van der Waals surface area contributed by atoms with Crippen LogP contribution in [0, 0.1) is 0 Å². The van der Waals surface area contributed by atoms with Gasteiger partial charge in [-0.1, -0.05) is 0 Å². The summed E-state index contributed by atoms with van der Waals surface area (Å²) in [6, 6.07) is 4.91. The summed E-state index contributed by atoms with van der Waals surface area (Å²) >= 11 is 1.84. The van der Waals surface area contributed by atoms with Crippen LogP contribution in [0.4, 0.5) is 0 Å². The average Bonchev–Trinajstić information content (AvgIpc) is 2.74. The lowest BCUT2D eigenvalue weighted by Gasteiger charge is -2.22. The minimum atomic E-state index is -0.972. The highest BCUT2D eigenvalue weighted by Crippen LogP contribution is 2.28. The molecule has 6 heteroatoms. The number of benzene rings is 1. The number of fused-ring (bicyclic) bond motifs is 1. The number of hydrogen-bond donors (Lipinski definition) is 2. The second kappa shape index (κ2) is 4.77. The number of rotatable bonds is 2. The Morgan fingerprint density at radius 2 is 2.32 bits per heavy atom. The molecule has 0 bridgehead atoms. The molecule has 1 aromatic heterocycles. The number of hydrogen-bond acceptors (Lipinski definition) is 3. The number of nitrogens with zero attached hydrogens (tertiary/aromatic N) is 1. The van der Waals surface area contributed by atoms with E-state index < -0.39 is 5.97 Å². The molecule has 0 spiro atoms. The van der Waals surface area contributed by atoms with E-state index in [-0.39, 0.29) is 17.3 Å². The zero-order valence-electron chi connectivity index (χ0n) is 10.3. The van der Waals surface area contributed by atoms with Gasteiger partial charge in [-0.05, 0) is 36.8 Å². The van der Waals surface area contributed by atoms with E-state index in [1.54, 1.807) is 16.7 Å². The zero-order chi connectivity index (χ0) is 13.4. The molecular weight excluding hydrogens is 264 g/mol. The summed E-state index contributed by atoms with van der Waals surface area (Å²) in [5, 5.41) is 9.05. The number of aromatic nitrogens is 2. The van der Waals surface area contributed by atoms with Crippen molar-refractivity contribution in [2.24, 2.45) is 0 Å². The summed E-state index contributed by atoms with van der Waals surface area (Å²) in [5.41, 5.74) is 1.46. The van der Waals surface area contributed by atoms with Crippen LogP contribution in [0.15, 0.2) is 23.0 Å². The van der Waals surface area contributed by atoms with Crippen molar-refractivity contribution in [3.05, 3.63) is 34.2 Å². The van der Waals surface area contributed by atoms with Crippen molar-refractivity contribution in [2.45, 2.75) is 18.9 Å². The largest absolute Gasteiger partial charge is 0.478 e. The van der Waals surface area contributed by atoms with Crippen LogP contribution in [-0.4, -0.2) is 32.1 Å². The van der Waals surface area contributed by atoms with E-state index in [2.05, 4.69) is 4.98 Å². The lowest BCUT2D eigenvalue weighted by molar-refractivity contribution is 0.0697. The number of imidazole rings is 1. The van der Waals surface area contributed by atoms with E-state index in [9.17, 15) is 9.59 Å². The standard InChI is InChI=1S/C13H14N2O3S/c16-12(17)8-3-4-10-11(6-8)15(13(18)14-10)9-2-1-5-19-7-9/h3-4,6,9H,1-2,5,7H2,(H,14,18)(H,16,17). The number of carboxylic acid groups (broad SMARTS) is 1. The molecule has 0 aliphatic carbocycles. The van der Waals surface area contributed by atoms with E-state index in [0.29, 0.717) is 11.0 Å². The number of thioether (sulfide) groups is 1. The molecule has 100 valence electrons. The van der Waals surface area contributed by atoms with Gasteiger partial charge >= 0.3 is 11.7 Å². The molecule has 1 unspecified atom stereocenters. The molecule has 2 aromatic rings. The van der Waals surface area contributed by atoms with Gasteiger partial charge < -0.3 is 10.1 Å². The number of nitrogens with one attached hydrogen (secondary N) is 1. The maximum atomic E-state index is 12.1. The Labute approximate surface area is 113 Å². The van der Waals surface area contributed by atoms with Gasteiger partial charge in [-0.25, -0.2) is 9.59 Å². The third kappa shape index (κ3) is 2.16. The Balaban J connectivity index is 2.16. The first-order valence-electron chi connectivity index (χ1n) is 6.22. The third-order valence-corrected chi connectivity index (χ3v) is 4.66. The topological polar surface area (TPSA) is 75.1 Å². The van der Waals surface area contributed by atoms with E-state index >= 15 is 0 Å². The van der Waals surface area contributed by atoms with Crippen molar-refractivity contribution in [3.63, 3.8) is 0 Å². The quantitative estimate of drug-likeness (QED) is 0.882. The van der Waals surface area contributed by atoms with Crippen LogP contribution in [0.3, 0.4) is 0 Å². The van der Waals surface area contributed by atoms with Gasteiger partial charge in [0.15, 0.2) is 0 Å². The van der Waals surface area contributed by atoms with Gasteiger partial charge in [0.2, 0.25) is 0 Å². The number of aromatic carboxylic acids is 1. The minimum Gasteiger partial charge on any atom is -0.478 e. The van der Waals surface area contributed by atoms with Crippen molar-refractivity contribution in [3.8, 4) is 0 Å². The Kier molecular flexibility index (Phi) is 3.10. The van der Waals surface area contributed by atoms with E-state index in [1.807, 2.05) is 11.8 Å². The first-order valence-corrected chi connectivity index (χ1v) is 7.37. The average molecular weight is 278 g/mol. The molecular formula is C13H14N2O3S. The van der Waals surface area contributed by atoms with Crippen LogP contribution in [0.2, 0.25) is 0 Å². The van der Waals surface area contributed by atoms with Crippen molar-refractivity contribution in [2.75, 3.05) is 11.5 Å². The van der Waals surface area contributed by atoms with Gasteiger partial charge in [-0.15, -0.1) is 0 Å². The summed E-state index contributed by atoms with van der Waals surface area (Å²) < 4.78 is 1.72. The van der Waals surface area contributed by atoms with E-state index in [0.717, 1.165) is 24.3 Å². The molecule has 1 aliphatic heterocycles. The molecule has 19 heavy (non-hydrogen) atoms. The van der Waals surface area contributed by atoms with Crippen LogP contribution < -0.4 is 5.69 Å². The predicted octanol–water partition coefficient (Wildman–Crippen LogP) is 2.10. The fourth-order valence-electron chi connectivity index (χ4n) is 2.54. The van der Waals surface area contributed by atoms with Crippen LogP contribution in [-0.2, 0) is 0 Å². The minimum absolute atomic E-state index is 0.148. The van der Waals surface area contributed by atoms with Gasteiger partial charge in [-0.2, -0.15) is 11.8 Å². The Morgan fingerprint density at radius 3 is 3.00 bits per heavy atom. The van der Waals surface area contributed by atoms with Crippen molar-refractivity contribution < 1.29 is 9.90 Å². The highest BCUT2D eigenvalue weighted by Gasteiger charge is 2.20. The zero-order valence-corrected chi connectivity index (χ0v) is 11.1. The molecule has 0 saturated carbocycles. The first-order chi connectivity index (χ1) is 9.16. The Bertz CT molecular complexity index is 683. The molecule has 2 heterocycles.